The summed E-state index contributed by atoms with van der Waals surface area (Å²) in [5, 5.41) is 0.919. The van der Waals surface area contributed by atoms with Gasteiger partial charge in [0.1, 0.15) is 23.6 Å². The molecule has 0 aliphatic carbocycles. The summed E-state index contributed by atoms with van der Waals surface area (Å²) in [5.41, 5.74) is 6.16. The van der Waals surface area contributed by atoms with Gasteiger partial charge in [-0.15, -0.1) is 0 Å². The fourth-order valence-corrected chi connectivity index (χ4v) is 3.05. The quantitative estimate of drug-likeness (QED) is 0.822. The summed E-state index contributed by atoms with van der Waals surface area (Å²) < 4.78 is 11.5. The Morgan fingerprint density at radius 3 is 3.05 bits per heavy atom. The van der Waals surface area contributed by atoms with Crippen LogP contribution in [0.15, 0.2) is 18.5 Å². The lowest BCUT2D eigenvalue weighted by Crippen LogP contribution is -2.52. The van der Waals surface area contributed by atoms with Crippen molar-refractivity contribution in [3.8, 4) is 0 Å². The van der Waals surface area contributed by atoms with E-state index in [9.17, 15) is 0 Å². The van der Waals surface area contributed by atoms with Gasteiger partial charge in [0.05, 0.1) is 25.1 Å². The highest BCUT2D eigenvalue weighted by molar-refractivity contribution is 5.87. The Hall–Kier alpha value is -1.99. The summed E-state index contributed by atoms with van der Waals surface area (Å²) >= 11 is 0. The highest BCUT2D eigenvalue weighted by Gasteiger charge is 2.41. The Kier molecular flexibility index (Phi) is 2.90. The topological polar surface area (TPSA) is 86.4 Å². The van der Waals surface area contributed by atoms with Crippen LogP contribution in [0.1, 0.15) is 6.42 Å². The molecule has 7 heteroatoms. The van der Waals surface area contributed by atoms with E-state index < -0.39 is 0 Å². The van der Waals surface area contributed by atoms with Gasteiger partial charge in [-0.1, -0.05) is 0 Å². The van der Waals surface area contributed by atoms with Crippen molar-refractivity contribution in [3.05, 3.63) is 18.5 Å². The first-order valence-corrected chi connectivity index (χ1v) is 7.10. The van der Waals surface area contributed by atoms with Crippen LogP contribution in [0.4, 0.5) is 11.6 Å². The molecule has 21 heavy (non-hydrogen) atoms. The van der Waals surface area contributed by atoms with E-state index in [2.05, 4.69) is 19.9 Å². The zero-order valence-electron chi connectivity index (χ0n) is 11.7. The van der Waals surface area contributed by atoms with Crippen LogP contribution >= 0.6 is 0 Å². The summed E-state index contributed by atoms with van der Waals surface area (Å²) in [7, 11) is 0. The molecule has 0 bridgehead atoms. The van der Waals surface area contributed by atoms with E-state index in [0.717, 1.165) is 37.3 Å². The summed E-state index contributed by atoms with van der Waals surface area (Å²) in [4.78, 5) is 15.2. The summed E-state index contributed by atoms with van der Waals surface area (Å²) in [6.07, 6.45) is 2.47. The van der Waals surface area contributed by atoms with Gasteiger partial charge < -0.3 is 20.1 Å². The number of hydrogen-bond donors (Lipinski definition) is 1. The molecule has 1 atom stereocenters. The lowest BCUT2D eigenvalue weighted by Gasteiger charge is -2.40. The van der Waals surface area contributed by atoms with E-state index in [0.29, 0.717) is 24.7 Å². The number of nitrogens with two attached hydrogens (primary N) is 1. The molecule has 0 aromatic carbocycles. The maximum atomic E-state index is 5.96. The Balaban J connectivity index is 1.72. The molecule has 2 aliphatic heterocycles. The Morgan fingerprint density at radius 2 is 2.19 bits per heavy atom. The molecular weight excluding hydrogens is 270 g/mol. The molecule has 0 amide bonds. The molecule has 2 aromatic heterocycles. The van der Waals surface area contributed by atoms with Gasteiger partial charge in [0.15, 0.2) is 5.65 Å². The summed E-state index contributed by atoms with van der Waals surface area (Å²) in [6, 6.07) is 3.71. The minimum Gasteiger partial charge on any atom is -0.384 e. The van der Waals surface area contributed by atoms with Crippen LogP contribution < -0.4 is 10.6 Å². The van der Waals surface area contributed by atoms with E-state index >= 15 is 0 Å². The lowest BCUT2D eigenvalue weighted by molar-refractivity contribution is -0.0580. The first kappa shape index (κ1) is 12.7. The third-order valence-corrected chi connectivity index (χ3v) is 4.11. The zero-order valence-corrected chi connectivity index (χ0v) is 11.7. The fraction of sp³-hybridized carbons (Fsp3) is 0.500. The van der Waals surface area contributed by atoms with Gasteiger partial charge in [-0.25, -0.2) is 15.0 Å². The highest BCUT2D eigenvalue weighted by Crippen LogP contribution is 2.31. The van der Waals surface area contributed by atoms with Gasteiger partial charge in [0, 0.05) is 19.6 Å². The van der Waals surface area contributed by atoms with Crippen LogP contribution in [0, 0.1) is 0 Å². The van der Waals surface area contributed by atoms with E-state index in [4.69, 9.17) is 15.2 Å². The van der Waals surface area contributed by atoms with Crippen molar-refractivity contribution in [1.82, 2.24) is 15.0 Å². The standard InChI is InChI=1S/C14H17N5O2/c15-11-2-1-10-12(18-11)16-9-17-13(10)19-4-6-21-14(7-19)3-5-20-8-14/h1-2,9H,3-8H2,(H2,15,16,17,18). The van der Waals surface area contributed by atoms with Crippen molar-refractivity contribution in [3.63, 3.8) is 0 Å². The number of rotatable bonds is 1. The number of morpholine rings is 1. The zero-order chi connectivity index (χ0) is 14.3. The Labute approximate surface area is 122 Å². The van der Waals surface area contributed by atoms with Crippen LogP contribution in [-0.2, 0) is 9.47 Å². The average Bonchev–Trinajstić information content (AvgIpc) is 2.94. The van der Waals surface area contributed by atoms with Gasteiger partial charge in [0.2, 0.25) is 0 Å². The smallest absolute Gasteiger partial charge is 0.166 e. The second-order valence-electron chi connectivity index (χ2n) is 5.56. The van der Waals surface area contributed by atoms with E-state index in [1.807, 2.05) is 6.07 Å². The molecule has 4 rings (SSSR count). The van der Waals surface area contributed by atoms with Crippen LogP contribution in [0.5, 0.6) is 0 Å². The van der Waals surface area contributed by atoms with Crippen molar-refractivity contribution in [1.29, 1.82) is 0 Å². The molecule has 2 N–H and O–H groups in total. The van der Waals surface area contributed by atoms with Gasteiger partial charge in [-0.2, -0.15) is 0 Å². The number of aromatic nitrogens is 3. The van der Waals surface area contributed by atoms with Crippen molar-refractivity contribution in [2.24, 2.45) is 0 Å². The number of ether oxygens (including phenoxy) is 2. The van der Waals surface area contributed by atoms with Crippen molar-refractivity contribution < 1.29 is 9.47 Å². The maximum Gasteiger partial charge on any atom is 0.166 e. The number of anilines is 2. The minimum absolute atomic E-state index is 0.198. The Bertz CT molecular complexity index is 671. The second-order valence-corrected chi connectivity index (χ2v) is 5.56. The normalized spacial score (nSPS) is 25.8. The SMILES string of the molecule is Nc1ccc2c(N3CCOC4(CCOC4)C3)ncnc2n1. The number of fused-ring (bicyclic) bond motifs is 1. The number of pyridine rings is 1. The molecule has 1 spiro atoms. The average molecular weight is 287 g/mol. The largest absolute Gasteiger partial charge is 0.384 e. The summed E-state index contributed by atoms with van der Waals surface area (Å²) in [6.45, 7) is 3.67. The first-order valence-electron chi connectivity index (χ1n) is 7.10. The van der Waals surface area contributed by atoms with Crippen LogP contribution in [0.2, 0.25) is 0 Å². The third kappa shape index (κ3) is 2.18. The predicted octanol–water partition coefficient (Wildman–Crippen LogP) is 0.603. The van der Waals surface area contributed by atoms with E-state index in [-0.39, 0.29) is 5.60 Å². The molecule has 0 radical (unpaired) electrons. The molecule has 2 fully saturated rings. The first-order chi connectivity index (χ1) is 10.3. The van der Waals surface area contributed by atoms with Crippen LogP contribution in [0.3, 0.4) is 0 Å². The van der Waals surface area contributed by atoms with Crippen LogP contribution in [0.25, 0.3) is 11.0 Å². The van der Waals surface area contributed by atoms with Crippen molar-refractivity contribution >= 4 is 22.7 Å². The molecule has 0 saturated carbocycles. The van der Waals surface area contributed by atoms with Crippen LogP contribution in [-0.4, -0.2) is 53.5 Å². The van der Waals surface area contributed by atoms with Gasteiger partial charge >= 0.3 is 0 Å². The summed E-state index contributed by atoms with van der Waals surface area (Å²) in [5.74, 6) is 1.36. The van der Waals surface area contributed by atoms with Gasteiger partial charge in [-0.05, 0) is 12.1 Å². The van der Waals surface area contributed by atoms with Gasteiger partial charge in [0.25, 0.3) is 0 Å². The third-order valence-electron chi connectivity index (χ3n) is 4.11. The molecular formula is C14H17N5O2. The van der Waals surface area contributed by atoms with Crippen molar-refractivity contribution in [2.75, 3.05) is 43.5 Å². The molecule has 4 heterocycles. The second kappa shape index (κ2) is 4.78. The molecule has 110 valence electrons. The lowest BCUT2D eigenvalue weighted by atomic mass is 10.0. The number of nitrogen functional groups attached to an aromatic ring is 1. The molecule has 2 aromatic rings. The Morgan fingerprint density at radius 1 is 1.24 bits per heavy atom. The van der Waals surface area contributed by atoms with Gasteiger partial charge in [-0.3, -0.25) is 0 Å². The molecule has 1 unspecified atom stereocenters. The molecule has 7 nitrogen and oxygen atoms in total. The highest BCUT2D eigenvalue weighted by atomic mass is 16.6. The predicted molar refractivity (Wildman–Crippen MR) is 78.1 cm³/mol. The minimum atomic E-state index is -0.198. The van der Waals surface area contributed by atoms with E-state index in [1.54, 1.807) is 6.07 Å². The maximum absolute atomic E-state index is 5.96. The van der Waals surface area contributed by atoms with E-state index in [1.165, 1.54) is 6.33 Å². The molecule has 2 saturated heterocycles. The monoisotopic (exact) mass is 287 g/mol. The molecule has 2 aliphatic rings. The number of hydrogen-bond acceptors (Lipinski definition) is 7. The number of nitrogens with zero attached hydrogens (tertiary/aromatic N) is 4. The fourth-order valence-electron chi connectivity index (χ4n) is 3.05. The van der Waals surface area contributed by atoms with Crippen molar-refractivity contribution in [2.45, 2.75) is 12.0 Å².